The van der Waals surface area contributed by atoms with E-state index in [0.717, 1.165) is 18.6 Å². The number of primary amides is 1. The number of hydrogen-bond donors (Lipinski definition) is 2. The summed E-state index contributed by atoms with van der Waals surface area (Å²) in [5.74, 6) is 0.576. The van der Waals surface area contributed by atoms with Crippen molar-refractivity contribution >= 4 is 23.6 Å². The van der Waals surface area contributed by atoms with Crippen LogP contribution in [0.3, 0.4) is 0 Å². The normalized spacial score (nSPS) is 21.8. The second kappa shape index (κ2) is 7.50. The zero-order valence-corrected chi connectivity index (χ0v) is 13.1. The molecule has 5 heteroatoms. The molecule has 2 rings (SSSR count). The van der Waals surface area contributed by atoms with Crippen molar-refractivity contribution in [2.24, 2.45) is 5.73 Å². The summed E-state index contributed by atoms with van der Waals surface area (Å²) in [6.07, 6.45) is 4.51. The van der Waals surface area contributed by atoms with Crippen molar-refractivity contribution in [3.05, 3.63) is 35.4 Å². The lowest BCUT2D eigenvalue weighted by Gasteiger charge is -2.29. The van der Waals surface area contributed by atoms with Crippen molar-refractivity contribution in [1.82, 2.24) is 5.32 Å². The van der Waals surface area contributed by atoms with Gasteiger partial charge in [0.1, 0.15) is 0 Å². The third-order valence-electron chi connectivity index (χ3n) is 3.80. The molecule has 0 heterocycles. The van der Waals surface area contributed by atoms with E-state index in [-0.39, 0.29) is 11.9 Å². The maximum atomic E-state index is 12.2. The number of nitrogens with one attached hydrogen (secondary N) is 1. The molecule has 1 aromatic rings. The van der Waals surface area contributed by atoms with Crippen LogP contribution in [0.4, 0.5) is 0 Å². The van der Waals surface area contributed by atoms with Crippen molar-refractivity contribution in [1.29, 1.82) is 0 Å². The van der Waals surface area contributed by atoms with E-state index in [0.29, 0.717) is 16.4 Å². The minimum absolute atomic E-state index is 0.0711. The largest absolute Gasteiger partial charge is 0.366 e. The predicted molar refractivity (Wildman–Crippen MR) is 86.6 cm³/mol. The van der Waals surface area contributed by atoms with Crippen LogP contribution < -0.4 is 11.1 Å². The van der Waals surface area contributed by atoms with Gasteiger partial charge in [0.25, 0.3) is 5.91 Å². The first kappa shape index (κ1) is 15.9. The van der Waals surface area contributed by atoms with Crippen LogP contribution in [0.2, 0.25) is 0 Å². The Morgan fingerprint density at radius 1 is 1.24 bits per heavy atom. The maximum Gasteiger partial charge on any atom is 0.251 e. The molecule has 2 amide bonds. The molecule has 4 nitrogen and oxygen atoms in total. The van der Waals surface area contributed by atoms with Crippen LogP contribution in [0.1, 0.15) is 53.3 Å². The molecule has 1 saturated carbocycles. The number of rotatable bonds is 5. The summed E-state index contributed by atoms with van der Waals surface area (Å²) in [5.41, 5.74) is 6.19. The fraction of sp³-hybridized carbons (Fsp3) is 0.500. The molecule has 0 aliphatic heterocycles. The van der Waals surface area contributed by atoms with Gasteiger partial charge in [0.05, 0.1) is 0 Å². The van der Waals surface area contributed by atoms with Crippen LogP contribution in [-0.4, -0.2) is 28.9 Å². The lowest BCUT2D eigenvalue weighted by atomic mass is 9.94. The van der Waals surface area contributed by atoms with E-state index in [1.807, 2.05) is 11.8 Å². The van der Waals surface area contributed by atoms with Gasteiger partial charge in [0.2, 0.25) is 5.91 Å². The number of thioether (sulfide) groups is 1. The zero-order chi connectivity index (χ0) is 15.2. The van der Waals surface area contributed by atoms with Gasteiger partial charge in [0.15, 0.2) is 0 Å². The average Bonchev–Trinajstić information content (AvgIpc) is 2.48. The van der Waals surface area contributed by atoms with Gasteiger partial charge < -0.3 is 11.1 Å². The Hall–Kier alpha value is -1.49. The summed E-state index contributed by atoms with van der Waals surface area (Å²) in [6.45, 7) is 2.17. The van der Waals surface area contributed by atoms with Crippen molar-refractivity contribution in [2.45, 2.75) is 43.9 Å². The summed E-state index contributed by atoms with van der Waals surface area (Å²) >= 11 is 1.98. The Bertz CT molecular complexity index is 500. The zero-order valence-electron chi connectivity index (χ0n) is 12.3. The van der Waals surface area contributed by atoms with Gasteiger partial charge in [-0.1, -0.05) is 13.3 Å². The summed E-state index contributed by atoms with van der Waals surface area (Å²) < 4.78 is 0. The molecule has 0 aromatic heterocycles. The maximum absolute atomic E-state index is 12.2. The number of carbonyl (C=O) groups excluding carboxylic acids is 2. The standard InChI is InChI=1S/C16H22N2O2S/c1-2-21-14-5-3-4-13(10-14)18-16(20)12-8-6-11(7-9-12)15(17)19/h6-9,13-14H,2-5,10H2,1H3,(H2,17,19)(H,18,20)/t13-,14-/m1/s1. The van der Waals surface area contributed by atoms with E-state index < -0.39 is 5.91 Å². The Kier molecular flexibility index (Phi) is 5.67. The molecule has 0 unspecified atom stereocenters. The summed E-state index contributed by atoms with van der Waals surface area (Å²) in [7, 11) is 0. The molecule has 114 valence electrons. The quantitative estimate of drug-likeness (QED) is 0.878. The number of nitrogens with two attached hydrogens (primary N) is 1. The van der Waals surface area contributed by atoms with Gasteiger partial charge in [-0.15, -0.1) is 0 Å². The van der Waals surface area contributed by atoms with Crippen molar-refractivity contribution < 1.29 is 9.59 Å². The fourth-order valence-electron chi connectivity index (χ4n) is 2.72. The first-order valence-electron chi connectivity index (χ1n) is 7.42. The van der Waals surface area contributed by atoms with Gasteiger partial charge >= 0.3 is 0 Å². The Morgan fingerprint density at radius 3 is 2.52 bits per heavy atom. The topological polar surface area (TPSA) is 72.2 Å². The average molecular weight is 306 g/mol. The molecule has 1 aromatic carbocycles. The number of carbonyl (C=O) groups is 2. The SMILES string of the molecule is CCS[C@@H]1CCC[C@@H](NC(=O)c2ccc(C(N)=O)cc2)C1. The highest BCUT2D eigenvalue weighted by molar-refractivity contribution is 7.99. The highest BCUT2D eigenvalue weighted by atomic mass is 32.2. The smallest absolute Gasteiger partial charge is 0.251 e. The van der Waals surface area contributed by atoms with Crippen LogP contribution in [0.25, 0.3) is 0 Å². The van der Waals surface area contributed by atoms with Crippen molar-refractivity contribution in [3.63, 3.8) is 0 Å². The Balaban J connectivity index is 1.92. The predicted octanol–water partition coefficient (Wildman–Crippen LogP) is 2.58. The van der Waals surface area contributed by atoms with Crippen LogP contribution in [0.5, 0.6) is 0 Å². The van der Waals surface area contributed by atoms with E-state index in [1.165, 1.54) is 12.8 Å². The second-order valence-corrected chi connectivity index (χ2v) is 6.93. The van der Waals surface area contributed by atoms with Gasteiger partial charge in [-0.05, 0) is 49.3 Å². The third-order valence-corrected chi connectivity index (χ3v) is 5.03. The fourth-order valence-corrected chi connectivity index (χ4v) is 3.89. The summed E-state index contributed by atoms with van der Waals surface area (Å²) in [5, 5.41) is 3.76. The van der Waals surface area contributed by atoms with Gasteiger partial charge in [-0.3, -0.25) is 9.59 Å². The van der Waals surface area contributed by atoms with E-state index in [2.05, 4.69) is 12.2 Å². The molecule has 3 N–H and O–H groups in total. The Morgan fingerprint density at radius 2 is 1.90 bits per heavy atom. The first-order chi connectivity index (χ1) is 10.1. The molecule has 0 saturated heterocycles. The van der Waals surface area contributed by atoms with Crippen LogP contribution in [0, 0.1) is 0 Å². The molecule has 0 spiro atoms. The van der Waals surface area contributed by atoms with Gasteiger partial charge in [0, 0.05) is 22.4 Å². The van der Waals surface area contributed by atoms with Crippen molar-refractivity contribution in [3.8, 4) is 0 Å². The van der Waals surface area contributed by atoms with E-state index in [9.17, 15) is 9.59 Å². The number of hydrogen-bond acceptors (Lipinski definition) is 3. The molecule has 2 atom stereocenters. The minimum Gasteiger partial charge on any atom is -0.366 e. The molecular formula is C16H22N2O2S. The molecule has 0 radical (unpaired) electrons. The van der Waals surface area contributed by atoms with E-state index in [4.69, 9.17) is 5.73 Å². The monoisotopic (exact) mass is 306 g/mol. The van der Waals surface area contributed by atoms with E-state index >= 15 is 0 Å². The highest BCUT2D eigenvalue weighted by Gasteiger charge is 2.23. The lowest BCUT2D eigenvalue weighted by molar-refractivity contribution is 0.0926. The van der Waals surface area contributed by atoms with Gasteiger partial charge in [-0.25, -0.2) is 0 Å². The molecule has 0 bridgehead atoms. The molecule has 1 fully saturated rings. The molecular weight excluding hydrogens is 284 g/mol. The highest BCUT2D eigenvalue weighted by Crippen LogP contribution is 2.28. The van der Waals surface area contributed by atoms with Gasteiger partial charge in [-0.2, -0.15) is 11.8 Å². The summed E-state index contributed by atoms with van der Waals surface area (Å²) in [6, 6.07) is 6.74. The van der Waals surface area contributed by atoms with Crippen LogP contribution >= 0.6 is 11.8 Å². The van der Waals surface area contributed by atoms with E-state index in [1.54, 1.807) is 24.3 Å². The minimum atomic E-state index is -0.478. The van der Waals surface area contributed by atoms with Crippen LogP contribution in [0.15, 0.2) is 24.3 Å². The van der Waals surface area contributed by atoms with Crippen molar-refractivity contribution in [2.75, 3.05) is 5.75 Å². The molecule has 1 aliphatic carbocycles. The lowest BCUT2D eigenvalue weighted by Crippen LogP contribution is -2.39. The number of benzene rings is 1. The molecule has 1 aliphatic rings. The first-order valence-corrected chi connectivity index (χ1v) is 8.47. The number of amides is 2. The second-order valence-electron chi connectivity index (χ2n) is 5.36. The molecule has 21 heavy (non-hydrogen) atoms. The summed E-state index contributed by atoms with van der Waals surface area (Å²) in [4.78, 5) is 23.2. The third kappa shape index (κ3) is 4.49. The Labute approximate surface area is 129 Å². The van der Waals surface area contributed by atoms with Crippen LogP contribution in [-0.2, 0) is 0 Å².